The highest BCUT2D eigenvalue weighted by Crippen LogP contribution is 2.22. The minimum absolute atomic E-state index is 0.0493. The molecule has 0 saturated carbocycles. The highest BCUT2D eigenvalue weighted by Gasteiger charge is 2.13. The molecule has 0 unspecified atom stereocenters. The fraction of sp³-hybridized carbons (Fsp3) is 0.250. The fourth-order valence-corrected chi connectivity index (χ4v) is 1.89. The Balaban J connectivity index is 2.02. The van der Waals surface area contributed by atoms with E-state index in [1.165, 1.54) is 12.1 Å². The second-order valence-corrected chi connectivity index (χ2v) is 4.50. The molecule has 7 heteroatoms. The minimum atomic E-state index is -0.423. The smallest absolute Gasteiger partial charge is 0.273 e. The largest absolute Gasteiger partial charge is 0.361 e. The maximum Gasteiger partial charge on any atom is 0.273 e. The van der Waals surface area contributed by atoms with Crippen LogP contribution in [-0.4, -0.2) is 10.1 Å². The number of benzene rings is 1. The third-order valence-corrected chi connectivity index (χ3v) is 2.77. The number of aromatic nitrogens is 1. The third kappa shape index (κ3) is 3.52. The first-order valence-corrected chi connectivity index (χ1v) is 6.00. The Bertz CT molecular complexity index is 598. The maximum absolute atomic E-state index is 10.9. The quantitative estimate of drug-likeness (QED) is 0.673. The van der Waals surface area contributed by atoms with Crippen LogP contribution < -0.4 is 5.32 Å². The van der Waals surface area contributed by atoms with E-state index in [1.807, 2.05) is 0 Å². The second kappa shape index (κ2) is 5.81. The molecule has 0 spiro atoms. The average Bonchev–Trinajstić information content (AvgIpc) is 2.75. The molecule has 0 aliphatic rings. The van der Waals surface area contributed by atoms with Crippen LogP contribution in [0.5, 0.6) is 0 Å². The summed E-state index contributed by atoms with van der Waals surface area (Å²) in [4.78, 5) is 10.5. The Hall–Kier alpha value is -1.92. The van der Waals surface area contributed by atoms with Gasteiger partial charge >= 0.3 is 0 Å². The van der Waals surface area contributed by atoms with Gasteiger partial charge in [-0.25, -0.2) is 0 Å². The maximum atomic E-state index is 10.9. The third-order valence-electron chi connectivity index (χ3n) is 2.54. The van der Waals surface area contributed by atoms with Crippen molar-refractivity contribution in [3.8, 4) is 0 Å². The first-order valence-electron chi connectivity index (χ1n) is 5.62. The average molecular weight is 282 g/mol. The Labute approximate surface area is 114 Å². The number of rotatable bonds is 5. The van der Waals surface area contributed by atoms with Crippen molar-refractivity contribution >= 4 is 17.3 Å². The van der Waals surface area contributed by atoms with Gasteiger partial charge in [-0.2, -0.15) is 0 Å². The highest BCUT2D eigenvalue weighted by molar-refractivity contribution is 6.30. The van der Waals surface area contributed by atoms with E-state index in [-0.39, 0.29) is 5.69 Å². The molecule has 0 amide bonds. The van der Waals surface area contributed by atoms with Gasteiger partial charge in [0.05, 0.1) is 10.6 Å². The fourth-order valence-electron chi connectivity index (χ4n) is 1.70. The van der Waals surface area contributed by atoms with Gasteiger partial charge in [-0.1, -0.05) is 16.8 Å². The van der Waals surface area contributed by atoms with E-state index in [0.717, 1.165) is 11.5 Å². The molecule has 1 aromatic heterocycles. The van der Waals surface area contributed by atoms with Crippen LogP contribution in [0.2, 0.25) is 5.02 Å². The molecule has 0 radical (unpaired) electrons. The first kappa shape index (κ1) is 13.5. The first-order chi connectivity index (χ1) is 9.06. The number of halogens is 1. The van der Waals surface area contributed by atoms with Crippen molar-refractivity contribution in [2.45, 2.75) is 20.0 Å². The lowest BCUT2D eigenvalue weighted by atomic mass is 10.2. The topological polar surface area (TPSA) is 81.2 Å². The van der Waals surface area contributed by atoms with Crippen molar-refractivity contribution in [3.63, 3.8) is 0 Å². The number of hydrogen-bond acceptors (Lipinski definition) is 5. The molecule has 0 fully saturated rings. The number of hydrogen-bond donors (Lipinski definition) is 1. The van der Waals surface area contributed by atoms with Crippen LogP contribution in [0, 0.1) is 17.0 Å². The van der Waals surface area contributed by atoms with Crippen LogP contribution in [0.4, 0.5) is 5.69 Å². The summed E-state index contributed by atoms with van der Waals surface area (Å²) in [5.74, 6) is 0.727. The van der Waals surface area contributed by atoms with Crippen LogP contribution >= 0.6 is 11.6 Å². The van der Waals surface area contributed by atoms with E-state index in [1.54, 1.807) is 19.1 Å². The summed E-state index contributed by atoms with van der Waals surface area (Å²) in [6, 6.07) is 6.30. The van der Waals surface area contributed by atoms with Gasteiger partial charge in [0.25, 0.3) is 5.69 Å². The molecular weight excluding hydrogens is 270 g/mol. The molecule has 0 bridgehead atoms. The zero-order valence-electron chi connectivity index (χ0n) is 10.2. The van der Waals surface area contributed by atoms with Crippen molar-refractivity contribution < 1.29 is 9.45 Å². The zero-order valence-corrected chi connectivity index (χ0v) is 11.0. The molecule has 0 saturated heterocycles. The lowest BCUT2D eigenvalue weighted by Crippen LogP contribution is -2.14. The van der Waals surface area contributed by atoms with Gasteiger partial charge < -0.3 is 9.84 Å². The molecule has 0 aliphatic carbocycles. The predicted octanol–water partition coefficient (Wildman–Crippen LogP) is 2.83. The number of nitro benzene ring substituents is 1. The molecule has 100 valence electrons. The van der Waals surface area contributed by atoms with E-state index < -0.39 is 4.92 Å². The van der Waals surface area contributed by atoms with Crippen molar-refractivity contribution in [1.29, 1.82) is 0 Å². The Kier molecular flexibility index (Phi) is 4.13. The summed E-state index contributed by atoms with van der Waals surface area (Å²) in [5.41, 5.74) is 1.34. The van der Waals surface area contributed by atoms with Gasteiger partial charge in [-0.05, 0) is 19.1 Å². The van der Waals surface area contributed by atoms with Gasteiger partial charge in [0, 0.05) is 35.8 Å². The Morgan fingerprint density at radius 3 is 2.84 bits per heavy atom. The SMILES string of the molecule is Cc1cc(CNCc2cc(Cl)ccc2[N+](=O)[O-])no1. The zero-order chi connectivity index (χ0) is 13.8. The molecule has 1 heterocycles. The van der Waals surface area contributed by atoms with Gasteiger partial charge in [0.2, 0.25) is 0 Å². The standard InChI is InChI=1S/C12H12ClN3O3/c1-8-4-11(15-19-8)7-14-6-9-5-10(13)2-3-12(9)16(17)18/h2-5,14H,6-7H2,1H3. The van der Waals surface area contributed by atoms with Crippen LogP contribution in [0.15, 0.2) is 28.8 Å². The van der Waals surface area contributed by atoms with E-state index >= 15 is 0 Å². The lowest BCUT2D eigenvalue weighted by molar-refractivity contribution is -0.385. The minimum Gasteiger partial charge on any atom is -0.361 e. The van der Waals surface area contributed by atoms with Crippen molar-refractivity contribution in [2.24, 2.45) is 0 Å². The summed E-state index contributed by atoms with van der Waals surface area (Å²) < 4.78 is 4.93. The van der Waals surface area contributed by atoms with Crippen LogP contribution in [0.25, 0.3) is 0 Å². The van der Waals surface area contributed by atoms with E-state index in [2.05, 4.69) is 10.5 Å². The highest BCUT2D eigenvalue weighted by atomic mass is 35.5. The number of aryl methyl sites for hydroxylation is 1. The summed E-state index contributed by atoms with van der Waals surface area (Å²) in [7, 11) is 0. The van der Waals surface area contributed by atoms with Crippen molar-refractivity contribution in [1.82, 2.24) is 10.5 Å². The normalized spacial score (nSPS) is 10.6. The van der Waals surface area contributed by atoms with Crippen LogP contribution in [0.1, 0.15) is 17.0 Å². The molecule has 1 N–H and O–H groups in total. The van der Waals surface area contributed by atoms with Gasteiger partial charge in [0.15, 0.2) is 0 Å². The van der Waals surface area contributed by atoms with E-state index in [0.29, 0.717) is 23.7 Å². The molecule has 2 rings (SSSR count). The van der Waals surface area contributed by atoms with Gasteiger partial charge in [0.1, 0.15) is 5.76 Å². The van der Waals surface area contributed by atoms with Crippen LogP contribution in [0.3, 0.4) is 0 Å². The molecule has 0 atom stereocenters. The summed E-state index contributed by atoms with van der Waals surface area (Å²) in [5, 5.41) is 18.2. The lowest BCUT2D eigenvalue weighted by Gasteiger charge is -2.04. The molecule has 0 aliphatic heterocycles. The van der Waals surface area contributed by atoms with Crippen LogP contribution in [-0.2, 0) is 13.1 Å². The van der Waals surface area contributed by atoms with Crippen molar-refractivity contribution in [2.75, 3.05) is 0 Å². The summed E-state index contributed by atoms with van der Waals surface area (Å²) in [6.45, 7) is 2.61. The second-order valence-electron chi connectivity index (χ2n) is 4.06. The monoisotopic (exact) mass is 281 g/mol. The van der Waals surface area contributed by atoms with E-state index in [4.69, 9.17) is 16.1 Å². The number of nitrogens with zero attached hydrogens (tertiary/aromatic N) is 2. The summed E-state index contributed by atoms with van der Waals surface area (Å²) in [6.07, 6.45) is 0. The van der Waals surface area contributed by atoms with Gasteiger partial charge in [-0.15, -0.1) is 0 Å². The Morgan fingerprint density at radius 1 is 1.42 bits per heavy atom. The molecule has 1 aromatic carbocycles. The summed E-state index contributed by atoms with van der Waals surface area (Å²) >= 11 is 5.84. The van der Waals surface area contributed by atoms with Gasteiger partial charge in [-0.3, -0.25) is 10.1 Å². The molecular formula is C12H12ClN3O3. The predicted molar refractivity (Wildman–Crippen MR) is 69.9 cm³/mol. The Morgan fingerprint density at radius 2 is 2.21 bits per heavy atom. The molecule has 19 heavy (non-hydrogen) atoms. The molecule has 2 aromatic rings. The van der Waals surface area contributed by atoms with Crippen molar-refractivity contribution in [3.05, 3.63) is 56.4 Å². The van der Waals surface area contributed by atoms with E-state index in [9.17, 15) is 10.1 Å². The molecule has 6 nitrogen and oxygen atoms in total. The number of nitro groups is 1. The number of nitrogens with one attached hydrogen (secondary N) is 1.